The van der Waals surface area contributed by atoms with Crippen LogP contribution in [-0.2, 0) is 11.3 Å². The summed E-state index contributed by atoms with van der Waals surface area (Å²) in [6.45, 7) is 0.886. The van der Waals surface area contributed by atoms with Gasteiger partial charge in [-0.05, 0) is 28.5 Å². The van der Waals surface area contributed by atoms with Crippen LogP contribution < -0.4 is 4.90 Å². The van der Waals surface area contributed by atoms with E-state index in [4.69, 9.17) is 9.15 Å². The maximum Gasteiger partial charge on any atom is 0.195 e. The van der Waals surface area contributed by atoms with Crippen molar-refractivity contribution in [3.05, 3.63) is 46.4 Å². The van der Waals surface area contributed by atoms with E-state index in [2.05, 4.69) is 11.4 Å². The maximum atomic E-state index is 12.2. The zero-order valence-corrected chi connectivity index (χ0v) is 12.2. The number of halogens is 1. The highest BCUT2D eigenvalue weighted by atomic mass is 32.1. The van der Waals surface area contributed by atoms with Crippen LogP contribution in [0, 0.1) is 0 Å². The van der Waals surface area contributed by atoms with Crippen molar-refractivity contribution in [3.8, 4) is 0 Å². The van der Waals surface area contributed by atoms with Crippen LogP contribution in [0.1, 0.15) is 11.3 Å². The van der Waals surface area contributed by atoms with Gasteiger partial charge in [0.2, 0.25) is 0 Å². The number of alkyl halides is 1. The maximum absolute atomic E-state index is 12.2. The smallest absolute Gasteiger partial charge is 0.195 e. The minimum Gasteiger partial charge on any atom is -0.443 e. The van der Waals surface area contributed by atoms with Crippen molar-refractivity contribution < 1.29 is 13.5 Å². The molecule has 2 heterocycles. The molecule has 2 aromatic heterocycles. The molecule has 0 atom stereocenters. The molecule has 0 bridgehead atoms. The fourth-order valence-electron chi connectivity index (χ4n) is 1.67. The average molecular weight is 295 g/mol. The Hall–Kier alpha value is -1.59. The second-order valence-electron chi connectivity index (χ2n) is 4.32. The summed E-state index contributed by atoms with van der Waals surface area (Å²) < 4.78 is 23.3. The number of ether oxygens (including phenoxy) is 1. The summed E-state index contributed by atoms with van der Waals surface area (Å²) in [5.74, 6) is 1.41. The van der Waals surface area contributed by atoms with E-state index in [1.807, 2.05) is 29.7 Å². The molecule has 0 aromatic carbocycles. The molecule has 0 aliphatic carbocycles. The summed E-state index contributed by atoms with van der Waals surface area (Å²) in [6, 6.07) is 5.74. The Morgan fingerprint density at radius 1 is 1.40 bits per heavy atom. The van der Waals surface area contributed by atoms with E-state index in [0.717, 1.165) is 5.76 Å². The van der Waals surface area contributed by atoms with Crippen LogP contribution in [-0.4, -0.2) is 26.9 Å². The average Bonchev–Trinajstić information content (AvgIpc) is 3.09. The van der Waals surface area contributed by atoms with Crippen LogP contribution in [0.4, 0.5) is 10.3 Å². The van der Waals surface area contributed by atoms with Gasteiger partial charge in [-0.3, -0.25) is 0 Å². The Morgan fingerprint density at radius 2 is 2.30 bits per heavy atom. The minimum atomic E-state index is -0.392. The van der Waals surface area contributed by atoms with Gasteiger partial charge in [-0.25, -0.2) is 4.39 Å². The molecule has 0 amide bonds. The summed E-state index contributed by atoms with van der Waals surface area (Å²) in [4.78, 5) is 1.74. The molecule has 0 fully saturated rings. The Kier molecular flexibility index (Phi) is 5.83. The van der Waals surface area contributed by atoms with Crippen LogP contribution in [0.3, 0.4) is 0 Å². The predicted octanol–water partition coefficient (Wildman–Crippen LogP) is 3.98. The van der Waals surface area contributed by atoms with E-state index in [9.17, 15) is 4.39 Å². The van der Waals surface area contributed by atoms with Gasteiger partial charge in [0.1, 0.15) is 19.0 Å². The number of rotatable bonds is 8. The third kappa shape index (κ3) is 4.51. The number of anilines is 1. The van der Waals surface area contributed by atoms with E-state index >= 15 is 0 Å². The first kappa shape index (κ1) is 14.8. The second-order valence-corrected chi connectivity index (χ2v) is 5.10. The highest BCUT2D eigenvalue weighted by Crippen LogP contribution is 2.17. The lowest BCUT2D eigenvalue weighted by molar-refractivity contribution is 0.132. The lowest BCUT2D eigenvalue weighted by atomic mass is 10.3. The molecule has 0 aliphatic heterocycles. The van der Waals surface area contributed by atoms with Crippen LogP contribution >= 0.6 is 11.3 Å². The van der Waals surface area contributed by atoms with Crippen LogP contribution in [0.25, 0.3) is 6.08 Å². The van der Waals surface area contributed by atoms with E-state index in [-0.39, 0.29) is 0 Å². The Morgan fingerprint density at radius 3 is 3.05 bits per heavy atom. The molecule has 2 rings (SSSR count). The summed E-state index contributed by atoms with van der Waals surface area (Å²) in [7, 11) is 1.80. The summed E-state index contributed by atoms with van der Waals surface area (Å²) in [5, 5.41) is 4.12. The van der Waals surface area contributed by atoms with Crippen LogP contribution in [0.5, 0.6) is 0 Å². The Balaban J connectivity index is 1.71. The highest BCUT2D eigenvalue weighted by molar-refractivity contribution is 7.08. The topological polar surface area (TPSA) is 25.6 Å². The van der Waals surface area contributed by atoms with Crippen molar-refractivity contribution in [1.82, 2.24) is 0 Å². The molecule has 0 aliphatic rings. The van der Waals surface area contributed by atoms with E-state index < -0.39 is 6.67 Å². The lowest BCUT2D eigenvalue weighted by Crippen LogP contribution is -2.18. The molecule has 0 radical (unpaired) electrons. The van der Waals surface area contributed by atoms with Gasteiger partial charge in [-0.2, -0.15) is 11.3 Å². The van der Waals surface area contributed by atoms with Gasteiger partial charge < -0.3 is 14.1 Å². The second kappa shape index (κ2) is 7.87. The molecule has 108 valence electrons. The van der Waals surface area contributed by atoms with Gasteiger partial charge in [-0.15, -0.1) is 0 Å². The Bertz CT molecular complexity index is 522. The fourth-order valence-corrected chi connectivity index (χ4v) is 2.30. The first-order valence-corrected chi connectivity index (χ1v) is 7.36. The van der Waals surface area contributed by atoms with E-state index in [0.29, 0.717) is 25.6 Å². The van der Waals surface area contributed by atoms with Gasteiger partial charge >= 0.3 is 0 Å². The van der Waals surface area contributed by atoms with Gasteiger partial charge in [0.25, 0.3) is 0 Å². The third-order valence-corrected chi connectivity index (χ3v) is 3.46. The molecular formula is C15H18FNO2S. The number of thiophene rings is 1. The predicted molar refractivity (Wildman–Crippen MR) is 81.0 cm³/mol. The first-order valence-electron chi connectivity index (χ1n) is 6.42. The molecule has 2 aromatic rings. The van der Waals surface area contributed by atoms with E-state index in [1.165, 1.54) is 5.56 Å². The van der Waals surface area contributed by atoms with Crippen molar-refractivity contribution in [3.63, 3.8) is 0 Å². The molecular weight excluding hydrogens is 277 g/mol. The molecule has 3 nitrogen and oxygen atoms in total. The quantitative estimate of drug-likeness (QED) is 0.689. The van der Waals surface area contributed by atoms with Gasteiger partial charge in [-0.1, -0.05) is 12.2 Å². The van der Waals surface area contributed by atoms with Crippen molar-refractivity contribution in [1.29, 1.82) is 0 Å². The fraction of sp³-hybridized carbons (Fsp3) is 0.333. The minimum absolute atomic E-state index is 0.331. The number of hydrogen-bond donors (Lipinski definition) is 0. The number of nitrogens with zero attached hydrogens (tertiary/aromatic N) is 1. The van der Waals surface area contributed by atoms with Gasteiger partial charge in [0, 0.05) is 19.7 Å². The summed E-state index contributed by atoms with van der Waals surface area (Å²) in [6.07, 6.45) is 4.00. The van der Waals surface area contributed by atoms with Crippen LogP contribution in [0.15, 0.2) is 39.5 Å². The van der Waals surface area contributed by atoms with E-state index in [1.54, 1.807) is 23.3 Å². The third-order valence-electron chi connectivity index (χ3n) is 2.76. The van der Waals surface area contributed by atoms with Crippen molar-refractivity contribution >= 4 is 23.3 Å². The number of furan rings is 1. The first-order chi connectivity index (χ1) is 9.79. The summed E-state index contributed by atoms with van der Waals surface area (Å²) >= 11 is 1.67. The normalized spacial score (nSPS) is 11.3. The molecule has 20 heavy (non-hydrogen) atoms. The molecule has 0 saturated carbocycles. The molecule has 0 unspecified atom stereocenters. The number of hydrogen-bond acceptors (Lipinski definition) is 4. The lowest BCUT2D eigenvalue weighted by Gasteiger charge is -2.12. The molecule has 0 saturated heterocycles. The highest BCUT2D eigenvalue weighted by Gasteiger charge is 2.06. The van der Waals surface area contributed by atoms with Gasteiger partial charge in [0.15, 0.2) is 5.88 Å². The molecule has 0 N–H and O–H groups in total. The van der Waals surface area contributed by atoms with Crippen molar-refractivity contribution in [2.24, 2.45) is 0 Å². The van der Waals surface area contributed by atoms with Crippen molar-refractivity contribution in [2.45, 2.75) is 6.61 Å². The zero-order chi connectivity index (χ0) is 14.2. The standard InChI is InChI=1S/C15H18FNO2S/c1-17(8-7-16)15-5-4-14(19-15)11-18-9-2-3-13-6-10-20-12-13/h2-6,10,12H,7-9,11H2,1H3. The molecule has 5 heteroatoms. The molecule has 0 spiro atoms. The largest absolute Gasteiger partial charge is 0.443 e. The van der Waals surface area contributed by atoms with Crippen LogP contribution in [0.2, 0.25) is 0 Å². The zero-order valence-electron chi connectivity index (χ0n) is 11.4. The SMILES string of the molecule is CN(CCF)c1ccc(COCC=Cc2ccsc2)o1. The van der Waals surface area contributed by atoms with Gasteiger partial charge in [0.05, 0.1) is 6.61 Å². The summed E-state index contributed by atoms with van der Waals surface area (Å²) in [5.41, 5.74) is 1.19. The van der Waals surface area contributed by atoms with Crippen molar-refractivity contribution in [2.75, 3.05) is 31.8 Å². The monoisotopic (exact) mass is 295 g/mol. The Labute approximate surface area is 122 Å².